The molecule has 1 aliphatic carbocycles. The highest BCUT2D eigenvalue weighted by molar-refractivity contribution is 7.86. The molecule has 1 aliphatic rings. The van der Waals surface area contributed by atoms with Crippen LogP contribution in [0.5, 0.6) is 0 Å². The summed E-state index contributed by atoms with van der Waals surface area (Å²) in [6.07, 6.45) is 6.06. The third-order valence-electron chi connectivity index (χ3n) is 6.35. The molecular formula is C28H29F2N3O5S. The summed E-state index contributed by atoms with van der Waals surface area (Å²) in [7, 11) is -1.95. The highest BCUT2D eigenvalue weighted by Gasteiger charge is 2.36. The van der Waals surface area contributed by atoms with Crippen molar-refractivity contribution in [3.63, 3.8) is 0 Å². The topological polar surface area (TPSA) is 109 Å². The van der Waals surface area contributed by atoms with Gasteiger partial charge >= 0.3 is 0 Å². The molecule has 0 spiro atoms. The van der Waals surface area contributed by atoms with Gasteiger partial charge in [0, 0.05) is 28.2 Å². The Kier molecular flexibility index (Phi) is 9.59. The van der Waals surface area contributed by atoms with Gasteiger partial charge in [-0.3, -0.25) is 23.5 Å². The van der Waals surface area contributed by atoms with E-state index in [1.54, 1.807) is 12.1 Å². The third kappa shape index (κ3) is 7.82. The molecular weight excluding hydrogens is 528 g/mol. The van der Waals surface area contributed by atoms with Crippen LogP contribution in [0.25, 0.3) is 0 Å². The average Bonchev–Trinajstić information content (AvgIpc) is 3.44. The first-order valence-electron chi connectivity index (χ1n) is 12.6. The van der Waals surface area contributed by atoms with Crippen LogP contribution in [0.3, 0.4) is 0 Å². The van der Waals surface area contributed by atoms with E-state index in [2.05, 4.69) is 10.6 Å². The molecule has 0 bridgehead atoms. The van der Waals surface area contributed by atoms with Gasteiger partial charge in [-0.25, -0.2) is 8.78 Å². The van der Waals surface area contributed by atoms with Crippen LogP contribution in [0.2, 0.25) is 0 Å². The molecule has 4 rings (SSSR count). The molecule has 1 fully saturated rings. The maximum atomic E-state index is 13.7. The van der Waals surface area contributed by atoms with Crippen molar-refractivity contribution in [3.8, 4) is 0 Å². The zero-order valence-corrected chi connectivity index (χ0v) is 21.9. The Morgan fingerprint density at radius 1 is 0.923 bits per heavy atom. The minimum absolute atomic E-state index is 0.0572. The van der Waals surface area contributed by atoms with E-state index in [9.17, 15) is 27.4 Å². The zero-order valence-electron chi connectivity index (χ0n) is 21.1. The van der Waals surface area contributed by atoms with Crippen molar-refractivity contribution in [2.45, 2.75) is 44.2 Å². The summed E-state index contributed by atoms with van der Waals surface area (Å²) in [5.41, 5.74) is 0.518. The molecule has 11 heteroatoms. The van der Waals surface area contributed by atoms with Crippen LogP contribution in [-0.2, 0) is 25.2 Å². The number of rotatable bonds is 10. The Hall–Kier alpha value is -3.86. The lowest BCUT2D eigenvalue weighted by Crippen LogP contribution is -2.48. The van der Waals surface area contributed by atoms with Crippen LogP contribution in [0.4, 0.5) is 20.2 Å². The molecule has 1 heterocycles. The maximum absolute atomic E-state index is 13.7. The first-order valence-corrected chi connectivity index (χ1v) is 14.1. The van der Waals surface area contributed by atoms with Crippen molar-refractivity contribution in [1.82, 2.24) is 5.32 Å². The Labute approximate surface area is 227 Å². The smallest absolute Gasteiger partial charge is 0.251 e. The predicted molar refractivity (Wildman–Crippen MR) is 143 cm³/mol. The van der Waals surface area contributed by atoms with Crippen LogP contribution >= 0.6 is 0 Å². The number of furan rings is 1. The number of carbonyl (C=O) groups is 3. The van der Waals surface area contributed by atoms with E-state index >= 15 is 0 Å². The number of anilines is 2. The van der Waals surface area contributed by atoms with Crippen molar-refractivity contribution in [3.05, 3.63) is 84.3 Å². The predicted octanol–water partition coefficient (Wildman–Crippen LogP) is 4.47. The van der Waals surface area contributed by atoms with Gasteiger partial charge < -0.3 is 15.1 Å². The summed E-state index contributed by atoms with van der Waals surface area (Å²) in [5.74, 6) is -3.72. The van der Waals surface area contributed by atoms with E-state index in [0.29, 0.717) is 5.69 Å². The molecule has 1 saturated carbocycles. The second kappa shape index (κ2) is 13.3. The summed E-state index contributed by atoms with van der Waals surface area (Å²) in [6, 6.07) is 11.9. The monoisotopic (exact) mass is 557 g/mol. The Bertz CT molecular complexity index is 1290. The normalized spacial score (nSPS) is 15.2. The fraction of sp³-hybridized carbons (Fsp3) is 0.321. The lowest BCUT2D eigenvalue weighted by Gasteiger charge is -2.32. The quantitative estimate of drug-likeness (QED) is 0.383. The first-order chi connectivity index (χ1) is 18.8. The number of halogens is 2. The molecule has 0 saturated heterocycles. The number of nitrogens with one attached hydrogen (secondary N) is 2. The van der Waals surface area contributed by atoms with E-state index in [1.807, 2.05) is 0 Å². The van der Waals surface area contributed by atoms with Gasteiger partial charge in [-0.15, -0.1) is 0 Å². The van der Waals surface area contributed by atoms with Crippen molar-refractivity contribution in [1.29, 1.82) is 0 Å². The second-order valence-electron chi connectivity index (χ2n) is 9.29. The summed E-state index contributed by atoms with van der Waals surface area (Å²) in [6.45, 7) is 0. The minimum atomic E-state index is -1.95. The summed E-state index contributed by atoms with van der Waals surface area (Å²) >= 11 is 0. The van der Waals surface area contributed by atoms with Gasteiger partial charge in [0.2, 0.25) is 11.8 Å². The summed E-state index contributed by atoms with van der Waals surface area (Å²) in [5, 5.41) is 5.51. The van der Waals surface area contributed by atoms with Crippen molar-refractivity contribution >= 4 is 39.9 Å². The van der Waals surface area contributed by atoms with Crippen molar-refractivity contribution < 1.29 is 31.8 Å². The maximum Gasteiger partial charge on any atom is 0.251 e. The van der Waals surface area contributed by atoms with Gasteiger partial charge in [-0.1, -0.05) is 19.3 Å². The fourth-order valence-corrected chi connectivity index (χ4v) is 5.40. The molecule has 2 unspecified atom stereocenters. The van der Waals surface area contributed by atoms with Gasteiger partial charge in [0.1, 0.15) is 28.9 Å². The second-order valence-corrected chi connectivity index (χ2v) is 10.7. The standard InChI is InChI=1S/C28H29F2N3O5S/c29-19-8-12-22(13-9-19)31-25(34)17-39(37)18-26(35)33(23-14-10-20(30)11-15-23)27(24-7-4-16-38-24)28(36)32-21-5-2-1-3-6-21/h4,7-16,21,27H,1-3,5-6,17-18H2,(H,31,34)(H,32,36). The summed E-state index contributed by atoms with van der Waals surface area (Å²) < 4.78 is 45.2. The minimum Gasteiger partial charge on any atom is -0.467 e. The van der Waals surface area contributed by atoms with Crippen molar-refractivity contribution in [2.75, 3.05) is 21.7 Å². The molecule has 1 aromatic heterocycles. The number of carbonyl (C=O) groups excluding carboxylic acids is 3. The van der Waals surface area contributed by atoms with E-state index in [4.69, 9.17) is 4.42 Å². The van der Waals surface area contributed by atoms with Gasteiger partial charge in [0.25, 0.3) is 5.91 Å². The lowest BCUT2D eigenvalue weighted by molar-refractivity contribution is -0.127. The van der Waals surface area contributed by atoms with Crippen LogP contribution < -0.4 is 15.5 Å². The molecule has 3 amide bonds. The van der Waals surface area contributed by atoms with Crippen LogP contribution in [0.15, 0.2) is 71.3 Å². The largest absolute Gasteiger partial charge is 0.467 e. The van der Waals surface area contributed by atoms with Gasteiger partial charge in [-0.05, 0) is 73.5 Å². The number of amides is 3. The lowest BCUT2D eigenvalue weighted by atomic mass is 9.95. The summed E-state index contributed by atoms with van der Waals surface area (Å²) in [4.78, 5) is 40.7. The first kappa shape index (κ1) is 28.2. The average molecular weight is 558 g/mol. The van der Waals surface area contributed by atoms with E-state index in [0.717, 1.165) is 49.1 Å². The molecule has 39 heavy (non-hydrogen) atoms. The number of benzene rings is 2. The molecule has 2 atom stereocenters. The van der Waals surface area contributed by atoms with Gasteiger partial charge in [0.05, 0.1) is 6.26 Å². The molecule has 0 aliphatic heterocycles. The molecule has 8 nitrogen and oxygen atoms in total. The van der Waals surface area contributed by atoms with Gasteiger partial charge in [0.15, 0.2) is 6.04 Å². The van der Waals surface area contributed by atoms with E-state index < -0.39 is 57.7 Å². The molecule has 3 aromatic rings. The van der Waals surface area contributed by atoms with E-state index in [1.165, 1.54) is 42.7 Å². The molecule has 2 aromatic carbocycles. The molecule has 206 valence electrons. The van der Waals surface area contributed by atoms with Crippen LogP contribution in [-0.4, -0.2) is 39.5 Å². The highest BCUT2D eigenvalue weighted by atomic mass is 32.2. The number of hydrogen-bond donors (Lipinski definition) is 2. The van der Waals surface area contributed by atoms with Crippen LogP contribution in [0, 0.1) is 11.6 Å². The van der Waals surface area contributed by atoms with Gasteiger partial charge in [-0.2, -0.15) is 0 Å². The van der Waals surface area contributed by atoms with Crippen molar-refractivity contribution in [2.24, 2.45) is 0 Å². The molecule has 0 radical (unpaired) electrons. The molecule has 2 N–H and O–H groups in total. The SMILES string of the molecule is O=C(CS(=O)CC(=O)N(c1ccc(F)cc1)C(C(=O)NC1CCCCC1)c1ccco1)Nc1ccc(F)cc1. The zero-order chi connectivity index (χ0) is 27.8. The van der Waals surface area contributed by atoms with Crippen LogP contribution in [0.1, 0.15) is 43.9 Å². The fourth-order valence-electron chi connectivity index (χ4n) is 4.52. The number of hydrogen-bond acceptors (Lipinski definition) is 5. The number of nitrogens with zero attached hydrogens (tertiary/aromatic N) is 1. The Morgan fingerprint density at radius 3 is 2.18 bits per heavy atom. The van der Waals surface area contributed by atoms with E-state index in [-0.39, 0.29) is 17.5 Å². The highest BCUT2D eigenvalue weighted by Crippen LogP contribution is 2.30. The Morgan fingerprint density at radius 2 is 1.56 bits per heavy atom. The Balaban J connectivity index is 1.54. The third-order valence-corrected chi connectivity index (χ3v) is 7.50.